The number of nitrogens with zero attached hydrogens (tertiary/aromatic N) is 2. The third-order valence-electron chi connectivity index (χ3n) is 4.78. The first kappa shape index (κ1) is 22.4. The number of anilines is 1. The lowest BCUT2D eigenvalue weighted by molar-refractivity contribution is 0.0670. The second kappa shape index (κ2) is 9.25. The molecule has 1 aromatic heterocycles. The largest absolute Gasteiger partial charge is 0.352 e. The number of rotatable bonds is 8. The topological polar surface area (TPSA) is 93.1 Å². The Kier molecular flexibility index (Phi) is 6.69. The van der Waals surface area contributed by atoms with E-state index in [-0.39, 0.29) is 23.7 Å². The van der Waals surface area contributed by atoms with Gasteiger partial charge in [0.25, 0.3) is 15.9 Å². The molecule has 3 rings (SSSR count). The first-order valence-corrected chi connectivity index (χ1v) is 10.9. The van der Waals surface area contributed by atoms with Crippen molar-refractivity contribution >= 4 is 21.6 Å². The number of alkyl halides is 2. The van der Waals surface area contributed by atoms with Crippen molar-refractivity contribution in [3.8, 4) is 0 Å². The highest BCUT2D eigenvalue weighted by molar-refractivity contribution is 7.92. The van der Waals surface area contributed by atoms with E-state index in [1.165, 1.54) is 42.7 Å². The number of hydrogen-bond donors (Lipinski definition) is 2. The molecular weight excluding hydrogens is 426 g/mol. The fraction of sp³-hybridized carbons (Fsp3) is 0.238. The van der Waals surface area contributed by atoms with E-state index in [1.54, 1.807) is 12.1 Å². The Bertz CT molecular complexity index is 1180. The van der Waals surface area contributed by atoms with E-state index in [9.17, 15) is 22.0 Å². The molecule has 2 N–H and O–H groups in total. The summed E-state index contributed by atoms with van der Waals surface area (Å²) in [6.45, 7) is 1.18. The summed E-state index contributed by atoms with van der Waals surface area (Å²) in [6, 6.07) is 10.8. The minimum atomic E-state index is -3.76. The fourth-order valence-corrected chi connectivity index (χ4v) is 4.03. The van der Waals surface area contributed by atoms with E-state index in [4.69, 9.17) is 0 Å². The highest BCUT2D eigenvalue weighted by atomic mass is 32.2. The number of carbonyl (C=O) groups excluding carboxylic acids is 1. The number of nitrogens with one attached hydrogen (secondary N) is 2. The van der Waals surface area contributed by atoms with Crippen LogP contribution in [-0.4, -0.2) is 30.4 Å². The van der Waals surface area contributed by atoms with Gasteiger partial charge in [0.1, 0.15) is 5.82 Å². The van der Waals surface area contributed by atoms with Crippen LogP contribution in [0.1, 0.15) is 33.9 Å². The van der Waals surface area contributed by atoms with Gasteiger partial charge in [-0.2, -0.15) is 8.78 Å². The number of benzene rings is 2. The van der Waals surface area contributed by atoms with Crippen LogP contribution in [0.5, 0.6) is 0 Å². The van der Waals surface area contributed by atoms with Gasteiger partial charge in [0.2, 0.25) is 0 Å². The molecule has 3 aromatic rings. The molecule has 0 aliphatic rings. The average Bonchev–Trinajstić information content (AvgIpc) is 3.19. The van der Waals surface area contributed by atoms with E-state index < -0.39 is 22.5 Å². The minimum Gasteiger partial charge on any atom is -0.352 e. The number of aryl methyl sites for hydroxylation is 2. The molecule has 0 spiro atoms. The summed E-state index contributed by atoms with van der Waals surface area (Å²) in [6.07, 6.45) is 2.61. The van der Waals surface area contributed by atoms with E-state index >= 15 is 0 Å². The molecule has 0 aliphatic heterocycles. The summed E-state index contributed by atoms with van der Waals surface area (Å²) in [5.41, 5.74) is 2.48. The Labute approximate surface area is 179 Å². The standard InChI is InChI=1S/C21H22F2N4O3S/c1-14-3-8-18(13-15(14)2)31(29,30)26-17-6-4-16(5-7-17)20(28)25-10-9-19-24-11-12-27(19)21(22)23/h3-8,11-13,21,26H,9-10H2,1-2H3,(H,25,28). The van der Waals surface area contributed by atoms with E-state index in [0.29, 0.717) is 11.3 Å². The number of hydrogen-bond acceptors (Lipinski definition) is 4. The second-order valence-electron chi connectivity index (χ2n) is 6.96. The number of amides is 1. The van der Waals surface area contributed by atoms with Crippen LogP contribution in [0.25, 0.3) is 0 Å². The van der Waals surface area contributed by atoms with Gasteiger partial charge in [0.15, 0.2) is 0 Å². The maximum Gasteiger partial charge on any atom is 0.319 e. The van der Waals surface area contributed by atoms with E-state index in [0.717, 1.165) is 15.7 Å². The number of halogens is 2. The van der Waals surface area contributed by atoms with Crippen molar-refractivity contribution in [2.75, 3.05) is 11.3 Å². The summed E-state index contributed by atoms with van der Waals surface area (Å²) in [4.78, 5) is 16.3. The Morgan fingerprint density at radius 1 is 1.10 bits per heavy atom. The minimum absolute atomic E-state index is 0.129. The second-order valence-corrected chi connectivity index (χ2v) is 8.65. The van der Waals surface area contributed by atoms with Crippen molar-refractivity contribution in [1.82, 2.24) is 14.9 Å². The van der Waals surface area contributed by atoms with Gasteiger partial charge < -0.3 is 5.32 Å². The summed E-state index contributed by atoms with van der Waals surface area (Å²) in [7, 11) is -3.76. The van der Waals surface area contributed by atoms with Crippen molar-refractivity contribution in [3.05, 3.63) is 77.4 Å². The Morgan fingerprint density at radius 2 is 1.81 bits per heavy atom. The van der Waals surface area contributed by atoms with Gasteiger partial charge in [0.05, 0.1) is 4.90 Å². The molecule has 164 valence electrons. The molecule has 0 bridgehead atoms. The SMILES string of the molecule is Cc1ccc(S(=O)(=O)Nc2ccc(C(=O)NCCc3nccn3C(F)F)cc2)cc1C. The monoisotopic (exact) mass is 448 g/mol. The van der Waals surface area contributed by atoms with E-state index in [2.05, 4.69) is 15.0 Å². The number of sulfonamides is 1. The van der Waals surface area contributed by atoms with Gasteiger partial charge in [0, 0.05) is 36.6 Å². The zero-order valence-electron chi connectivity index (χ0n) is 17.0. The molecule has 10 heteroatoms. The number of imidazole rings is 1. The Morgan fingerprint density at radius 3 is 2.45 bits per heavy atom. The van der Waals surface area contributed by atoms with Gasteiger partial charge in [-0.15, -0.1) is 0 Å². The normalized spacial score (nSPS) is 11.5. The van der Waals surface area contributed by atoms with Gasteiger partial charge in [-0.3, -0.25) is 14.1 Å². The van der Waals surface area contributed by atoms with Crippen LogP contribution in [-0.2, 0) is 16.4 Å². The molecule has 1 heterocycles. The molecule has 1 amide bonds. The van der Waals surface area contributed by atoms with Crippen LogP contribution in [0.4, 0.5) is 14.5 Å². The quantitative estimate of drug-likeness (QED) is 0.550. The van der Waals surface area contributed by atoms with Crippen molar-refractivity contribution in [2.24, 2.45) is 0 Å². The molecule has 0 atom stereocenters. The average molecular weight is 448 g/mol. The van der Waals surface area contributed by atoms with Crippen LogP contribution >= 0.6 is 0 Å². The van der Waals surface area contributed by atoms with Crippen molar-refractivity contribution in [1.29, 1.82) is 0 Å². The predicted octanol–water partition coefficient (Wildman–Crippen LogP) is 3.67. The third-order valence-corrected chi connectivity index (χ3v) is 6.16. The molecule has 31 heavy (non-hydrogen) atoms. The van der Waals surface area contributed by atoms with Gasteiger partial charge in [-0.25, -0.2) is 13.4 Å². The number of carbonyl (C=O) groups is 1. The summed E-state index contributed by atoms with van der Waals surface area (Å²) >= 11 is 0. The highest BCUT2D eigenvalue weighted by Crippen LogP contribution is 2.19. The molecule has 7 nitrogen and oxygen atoms in total. The molecule has 0 fully saturated rings. The summed E-state index contributed by atoms with van der Waals surface area (Å²) in [5, 5.41) is 2.63. The maximum atomic E-state index is 12.8. The Hall–Kier alpha value is -3.27. The van der Waals surface area contributed by atoms with Crippen LogP contribution < -0.4 is 10.0 Å². The molecule has 0 saturated heterocycles. The van der Waals surface area contributed by atoms with Crippen LogP contribution in [0.3, 0.4) is 0 Å². The van der Waals surface area contributed by atoms with Gasteiger partial charge >= 0.3 is 6.55 Å². The predicted molar refractivity (Wildman–Crippen MR) is 113 cm³/mol. The molecule has 0 unspecified atom stereocenters. The fourth-order valence-electron chi connectivity index (χ4n) is 2.89. The van der Waals surface area contributed by atoms with Crippen LogP contribution in [0, 0.1) is 13.8 Å². The molecule has 0 radical (unpaired) electrons. The van der Waals surface area contributed by atoms with Crippen LogP contribution in [0.2, 0.25) is 0 Å². The lowest BCUT2D eigenvalue weighted by Crippen LogP contribution is -2.26. The lowest BCUT2D eigenvalue weighted by atomic mass is 10.1. The van der Waals surface area contributed by atoms with Crippen molar-refractivity contribution in [3.63, 3.8) is 0 Å². The van der Waals surface area contributed by atoms with Gasteiger partial charge in [-0.1, -0.05) is 6.07 Å². The highest BCUT2D eigenvalue weighted by Gasteiger charge is 2.16. The summed E-state index contributed by atoms with van der Waals surface area (Å²) in [5.74, 6) is -0.231. The van der Waals surface area contributed by atoms with Gasteiger partial charge in [-0.05, 0) is 61.4 Å². The zero-order valence-corrected chi connectivity index (χ0v) is 17.8. The Balaban J connectivity index is 1.59. The molecule has 0 aliphatic carbocycles. The van der Waals surface area contributed by atoms with E-state index in [1.807, 2.05) is 13.8 Å². The molecule has 0 saturated carbocycles. The lowest BCUT2D eigenvalue weighted by Gasteiger charge is -2.11. The van der Waals surface area contributed by atoms with Crippen molar-refractivity contribution < 1.29 is 22.0 Å². The third kappa shape index (κ3) is 5.46. The first-order chi connectivity index (χ1) is 14.7. The molecular formula is C21H22F2N4O3S. The zero-order chi connectivity index (χ0) is 22.6. The first-order valence-electron chi connectivity index (χ1n) is 9.45. The number of aromatic nitrogens is 2. The van der Waals surface area contributed by atoms with Crippen LogP contribution in [0.15, 0.2) is 59.8 Å². The van der Waals surface area contributed by atoms with Crippen molar-refractivity contribution in [2.45, 2.75) is 31.7 Å². The summed E-state index contributed by atoms with van der Waals surface area (Å²) < 4.78 is 53.9. The smallest absolute Gasteiger partial charge is 0.319 e. The molecule has 2 aromatic carbocycles. The maximum absolute atomic E-state index is 12.8.